The lowest BCUT2D eigenvalue weighted by Gasteiger charge is -2.03. The third kappa shape index (κ3) is 3.19. The van der Waals surface area contributed by atoms with Crippen molar-refractivity contribution >= 4 is 14.1 Å². The van der Waals surface area contributed by atoms with Gasteiger partial charge in [0, 0.05) is 0 Å². The molecule has 0 aliphatic rings. The highest BCUT2D eigenvalue weighted by Crippen LogP contribution is 2.04. The Balaban J connectivity index is 2.46. The van der Waals surface area contributed by atoms with Crippen LogP contribution >= 0.6 is 0 Å². The quantitative estimate of drug-likeness (QED) is 0.677. The van der Waals surface area contributed by atoms with Crippen LogP contribution in [0.1, 0.15) is 11.1 Å². The van der Waals surface area contributed by atoms with Crippen LogP contribution in [0.15, 0.2) is 24.3 Å². The van der Waals surface area contributed by atoms with Gasteiger partial charge in [0.1, 0.15) is 6.61 Å². The fourth-order valence-corrected chi connectivity index (χ4v) is 0.905. The molecular formula is C9H12BNO2. The van der Waals surface area contributed by atoms with E-state index < -0.39 is 6.09 Å². The topological polar surface area (TPSA) is 38.3 Å². The molecule has 0 saturated carbocycles. The van der Waals surface area contributed by atoms with Crippen LogP contribution in [0.25, 0.3) is 0 Å². The number of ether oxygens (including phenoxy) is 1. The molecule has 1 rings (SSSR count). The van der Waals surface area contributed by atoms with Crippen molar-refractivity contribution in [3.05, 3.63) is 35.4 Å². The number of hydrogen-bond acceptors (Lipinski definition) is 2. The summed E-state index contributed by atoms with van der Waals surface area (Å²) < 4.78 is 4.87. The standard InChI is InChI=1S/C9H12BNO2/c1-7-2-4-8(5-3-7)6-13-9(12)11-10/h2-5H,6,10H2,1H3,(H,11,12). The van der Waals surface area contributed by atoms with Crippen LogP contribution in [0.3, 0.4) is 0 Å². The second-order valence-electron chi connectivity index (χ2n) is 2.81. The Bertz CT molecular complexity index is 284. The van der Waals surface area contributed by atoms with Crippen LogP contribution in [-0.4, -0.2) is 14.1 Å². The molecular weight excluding hydrogens is 165 g/mol. The Morgan fingerprint density at radius 3 is 2.62 bits per heavy atom. The fourth-order valence-electron chi connectivity index (χ4n) is 0.905. The number of nitrogens with one attached hydrogen (secondary N) is 1. The minimum atomic E-state index is -0.402. The van der Waals surface area contributed by atoms with Gasteiger partial charge in [-0.2, -0.15) is 0 Å². The summed E-state index contributed by atoms with van der Waals surface area (Å²) in [7, 11) is 1.54. The van der Waals surface area contributed by atoms with E-state index in [1.54, 1.807) is 0 Å². The summed E-state index contributed by atoms with van der Waals surface area (Å²) in [6.45, 7) is 2.34. The lowest BCUT2D eigenvalue weighted by molar-refractivity contribution is 0.146. The maximum atomic E-state index is 10.7. The smallest absolute Gasteiger partial charge is 0.394 e. The van der Waals surface area contributed by atoms with E-state index in [9.17, 15) is 4.79 Å². The normalized spacial score (nSPS) is 9.31. The van der Waals surface area contributed by atoms with Crippen molar-refractivity contribution in [2.75, 3.05) is 0 Å². The summed E-state index contributed by atoms with van der Waals surface area (Å²) in [6, 6.07) is 7.86. The zero-order chi connectivity index (χ0) is 9.68. The minimum absolute atomic E-state index is 0.319. The summed E-state index contributed by atoms with van der Waals surface area (Å²) in [4.78, 5) is 10.7. The molecule has 0 atom stereocenters. The van der Waals surface area contributed by atoms with Crippen LogP contribution < -0.4 is 5.23 Å². The molecule has 4 heteroatoms. The summed E-state index contributed by atoms with van der Waals surface area (Å²) in [6.07, 6.45) is -0.402. The highest BCUT2D eigenvalue weighted by Gasteiger charge is 1.97. The summed E-state index contributed by atoms with van der Waals surface area (Å²) in [5.74, 6) is 0. The summed E-state index contributed by atoms with van der Waals surface area (Å²) >= 11 is 0. The third-order valence-corrected chi connectivity index (χ3v) is 1.69. The largest absolute Gasteiger partial charge is 0.446 e. The number of carbonyl (C=O) groups excluding carboxylic acids is 1. The van der Waals surface area contributed by atoms with E-state index in [2.05, 4.69) is 5.23 Å². The Morgan fingerprint density at radius 2 is 2.08 bits per heavy atom. The molecule has 0 aliphatic heterocycles. The molecule has 0 aromatic heterocycles. The van der Waals surface area contributed by atoms with E-state index >= 15 is 0 Å². The van der Waals surface area contributed by atoms with E-state index in [1.165, 1.54) is 13.5 Å². The number of amides is 1. The SMILES string of the molecule is BNC(=O)OCc1ccc(C)cc1. The van der Waals surface area contributed by atoms with Gasteiger partial charge in [0.25, 0.3) is 0 Å². The van der Waals surface area contributed by atoms with Gasteiger partial charge in [0.2, 0.25) is 7.98 Å². The van der Waals surface area contributed by atoms with Crippen molar-refractivity contribution in [1.29, 1.82) is 0 Å². The van der Waals surface area contributed by atoms with Crippen molar-refractivity contribution in [3.8, 4) is 0 Å². The van der Waals surface area contributed by atoms with Gasteiger partial charge in [0.15, 0.2) is 0 Å². The first-order valence-corrected chi connectivity index (χ1v) is 4.12. The number of benzene rings is 1. The zero-order valence-electron chi connectivity index (χ0n) is 7.83. The molecule has 68 valence electrons. The van der Waals surface area contributed by atoms with E-state index in [-0.39, 0.29) is 0 Å². The lowest BCUT2D eigenvalue weighted by Crippen LogP contribution is -2.20. The van der Waals surface area contributed by atoms with Gasteiger partial charge in [-0.3, -0.25) is 0 Å². The number of carbonyl (C=O) groups is 1. The van der Waals surface area contributed by atoms with Gasteiger partial charge >= 0.3 is 6.09 Å². The molecule has 0 heterocycles. The molecule has 3 nitrogen and oxygen atoms in total. The second-order valence-corrected chi connectivity index (χ2v) is 2.81. The maximum Gasteiger partial charge on any atom is 0.394 e. The highest BCUT2D eigenvalue weighted by atomic mass is 16.5. The van der Waals surface area contributed by atoms with Gasteiger partial charge in [0.05, 0.1) is 0 Å². The average Bonchev–Trinajstić information content (AvgIpc) is 2.16. The van der Waals surface area contributed by atoms with Crippen molar-refractivity contribution in [1.82, 2.24) is 5.23 Å². The minimum Gasteiger partial charge on any atom is -0.446 e. The van der Waals surface area contributed by atoms with E-state index in [0.29, 0.717) is 6.61 Å². The lowest BCUT2D eigenvalue weighted by atomic mass is 10.2. The maximum absolute atomic E-state index is 10.7. The molecule has 13 heavy (non-hydrogen) atoms. The molecule has 0 radical (unpaired) electrons. The predicted molar refractivity (Wildman–Crippen MR) is 53.0 cm³/mol. The molecule has 0 bridgehead atoms. The molecule has 1 amide bonds. The van der Waals surface area contributed by atoms with Crippen LogP contribution in [-0.2, 0) is 11.3 Å². The van der Waals surface area contributed by atoms with Crippen LogP contribution in [0.2, 0.25) is 0 Å². The number of rotatable bonds is 2. The number of hydrogen-bond donors (Lipinski definition) is 1. The first-order valence-electron chi connectivity index (χ1n) is 4.12. The Kier molecular flexibility index (Phi) is 3.37. The number of aryl methyl sites for hydroxylation is 1. The van der Waals surface area contributed by atoms with Crippen LogP contribution in [0.4, 0.5) is 4.79 Å². The molecule has 1 aromatic rings. The van der Waals surface area contributed by atoms with Crippen molar-refractivity contribution in [3.63, 3.8) is 0 Å². The van der Waals surface area contributed by atoms with Gasteiger partial charge in [-0.1, -0.05) is 29.8 Å². The van der Waals surface area contributed by atoms with Gasteiger partial charge < -0.3 is 9.96 Å². The fraction of sp³-hybridized carbons (Fsp3) is 0.222. The van der Waals surface area contributed by atoms with Gasteiger partial charge in [-0.25, -0.2) is 4.79 Å². The molecule has 0 unspecified atom stereocenters. The Morgan fingerprint density at radius 1 is 1.46 bits per heavy atom. The van der Waals surface area contributed by atoms with Crippen molar-refractivity contribution < 1.29 is 9.53 Å². The Hall–Kier alpha value is -1.45. The van der Waals surface area contributed by atoms with Crippen LogP contribution in [0.5, 0.6) is 0 Å². The van der Waals surface area contributed by atoms with Gasteiger partial charge in [-0.15, -0.1) is 0 Å². The highest BCUT2D eigenvalue weighted by molar-refractivity contribution is 6.12. The van der Waals surface area contributed by atoms with E-state index in [1.807, 2.05) is 31.2 Å². The monoisotopic (exact) mass is 177 g/mol. The first-order chi connectivity index (χ1) is 6.22. The molecule has 1 N–H and O–H groups in total. The molecule has 0 spiro atoms. The van der Waals surface area contributed by atoms with Crippen molar-refractivity contribution in [2.45, 2.75) is 13.5 Å². The summed E-state index contributed by atoms with van der Waals surface area (Å²) in [5.41, 5.74) is 2.19. The van der Waals surface area contributed by atoms with E-state index in [0.717, 1.165) is 5.56 Å². The van der Waals surface area contributed by atoms with Crippen LogP contribution in [0, 0.1) is 6.92 Å². The van der Waals surface area contributed by atoms with Gasteiger partial charge in [-0.05, 0) is 12.5 Å². The average molecular weight is 177 g/mol. The first kappa shape index (κ1) is 9.64. The van der Waals surface area contributed by atoms with Crippen molar-refractivity contribution in [2.24, 2.45) is 0 Å². The molecule has 0 saturated heterocycles. The zero-order valence-corrected chi connectivity index (χ0v) is 7.83. The summed E-state index contributed by atoms with van der Waals surface area (Å²) in [5, 5.41) is 2.39. The predicted octanol–water partition coefficient (Wildman–Crippen LogP) is 0.769. The molecule has 0 fully saturated rings. The molecule has 0 aliphatic carbocycles. The second kappa shape index (κ2) is 4.55. The molecule has 1 aromatic carbocycles. The third-order valence-electron chi connectivity index (χ3n) is 1.69. The van der Waals surface area contributed by atoms with E-state index in [4.69, 9.17) is 4.74 Å². The Labute approximate surface area is 78.5 Å².